The fraction of sp³-hybridized carbons (Fsp3) is 0.929. The van der Waals surface area contributed by atoms with E-state index in [2.05, 4.69) is 18.7 Å². The van der Waals surface area contributed by atoms with Gasteiger partial charge in [-0.2, -0.15) is 0 Å². The second-order valence-corrected chi connectivity index (χ2v) is 5.98. The Bertz CT molecular complexity index is 281. The van der Waals surface area contributed by atoms with E-state index in [1.165, 1.54) is 7.11 Å². The molecular weight excluding hydrogens is 230 g/mol. The molecule has 0 aromatic heterocycles. The van der Waals surface area contributed by atoms with Crippen LogP contribution in [-0.4, -0.2) is 47.8 Å². The van der Waals surface area contributed by atoms with E-state index < -0.39 is 11.5 Å². The minimum Gasteiger partial charge on any atom is -0.469 e. The van der Waals surface area contributed by atoms with Crippen molar-refractivity contribution in [3.8, 4) is 0 Å². The Morgan fingerprint density at radius 2 is 1.72 bits per heavy atom. The highest BCUT2D eigenvalue weighted by molar-refractivity contribution is 5.74. The van der Waals surface area contributed by atoms with E-state index >= 15 is 0 Å². The van der Waals surface area contributed by atoms with Crippen molar-refractivity contribution in [1.29, 1.82) is 0 Å². The number of rotatable bonds is 4. The second kappa shape index (κ2) is 6.02. The van der Waals surface area contributed by atoms with Gasteiger partial charge >= 0.3 is 5.97 Å². The van der Waals surface area contributed by atoms with Crippen molar-refractivity contribution < 1.29 is 14.6 Å². The van der Waals surface area contributed by atoms with Crippen molar-refractivity contribution in [1.82, 2.24) is 4.90 Å². The number of carbonyl (C=O) groups excluding carboxylic acids is 1. The molecule has 0 radical (unpaired) electrons. The third-order valence-electron chi connectivity index (χ3n) is 4.09. The van der Waals surface area contributed by atoms with Crippen molar-refractivity contribution in [2.75, 3.05) is 20.2 Å². The average molecular weight is 257 g/mol. The van der Waals surface area contributed by atoms with Gasteiger partial charge in [-0.25, -0.2) is 0 Å². The Morgan fingerprint density at radius 3 is 2.06 bits per heavy atom. The number of nitrogens with zero attached hydrogens (tertiary/aromatic N) is 1. The topological polar surface area (TPSA) is 49.8 Å². The van der Waals surface area contributed by atoms with Crippen LogP contribution in [-0.2, 0) is 9.53 Å². The summed E-state index contributed by atoms with van der Waals surface area (Å²) in [4.78, 5) is 14.2. The number of piperidine rings is 1. The van der Waals surface area contributed by atoms with E-state index in [1.807, 2.05) is 13.8 Å². The third kappa shape index (κ3) is 3.23. The van der Waals surface area contributed by atoms with E-state index in [9.17, 15) is 9.90 Å². The van der Waals surface area contributed by atoms with Gasteiger partial charge in [0.2, 0.25) is 0 Å². The maximum Gasteiger partial charge on any atom is 0.311 e. The summed E-state index contributed by atoms with van der Waals surface area (Å²) in [5.41, 5.74) is -0.910. The molecule has 0 amide bonds. The minimum atomic E-state index is -0.910. The van der Waals surface area contributed by atoms with Crippen LogP contribution < -0.4 is 0 Å². The number of ether oxygens (including phenoxy) is 1. The van der Waals surface area contributed by atoms with Gasteiger partial charge in [0.05, 0.1) is 18.6 Å². The number of likely N-dealkylation sites (tertiary alicyclic amines) is 1. The molecule has 4 heteroatoms. The Labute approximate surface area is 110 Å². The number of methoxy groups -OCH3 is 1. The second-order valence-electron chi connectivity index (χ2n) is 5.98. The number of esters is 1. The smallest absolute Gasteiger partial charge is 0.311 e. The SMILES string of the molecule is COC(=O)C(C(C)C)C1(O)CCN(C(C)C)CC1. The van der Waals surface area contributed by atoms with Gasteiger partial charge in [-0.15, -0.1) is 0 Å². The lowest BCUT2D eigenvalue weighted by Crippen LogP contribution is -2.54. The monoisotopic (exact) mass is 257 g/mol. The van der Waals surface area contributed by atoms with E-state index in [0.717, 1.165) is 13.1 Å². The molecule has 1 aliphatic rings. The number of carbonyl (C=O) groups is 1. The van der Waals surface area contributed by atoms with Gasteiger partial charge in [-0.05, 0) is 32.6 Å². The summed E-state index contributed by atoms with van der Waals surface area (Å²) in [6, 6.07) is 0.491. The van der Waals surface area contributed by atoms with Crippen molar-refractivity contribution in [2.24, 2.45) is 11.8 Å². The lowest BCUT2D eigenvalue weighted by atomic mass is 9.74. The molecule has 0 spiro atoms. The zero-order valence-electron chi connectivity index (χ0n) is 12.3. The summed E-state index contributed by atoms with van der Waals surface area (Å²) in [5, 5.41) is 10.8. The Kier molecular flexibility index (Phi) is 5.17. The average Bonchev–Trinajstić information content (AvgIpc) is 2.28. The fourth-order valence-corrected chi connectivity index (χ4v) is 2.98. The van der Waals surface area contributed by atoms with Crippen molar-refractivity contribution in [3.05, 3.63) is 0 Å². The highest BCUT2D eigenvalue weighted by atomic mass is 16.5. The van der Waals surface area contributed by atoms with Gasteiger partial charge in [-0.1, -0.05) is 13.8 Å². The highest BCUT2D eigenvalue weighted by Crippen LogP contribution is 2.35. The normalized spacial score (nSPS) is 22.2. The molecule has 0 aromatic carbocycles. The maximum absolute atomic E-state index is 11.9. The number of hydrogen-bond acceptors (Lipinski definition) is 4. The summed E-state index contributed by atoms with van der Waals surface area (Å²) in [7, 11) is 1.39. The van der Waals surface area contributed by atoms with Gasteiger partial charge in [0.15, 0.2) is 0 Å². The molecule has 1 fully saturated rings. The first-order valence-electron chi connectivity index (χ1n) is 6.86. The van der Waals surface area contributed by atoms with Crippen LogP contribution in [0.4, 0.5) is 0 Å². The van der Waals surface area contributed by atoms with Crippen molar-refractivity contribution >= 4 is 5.97 Å². The molecule has 18 heavy (non-hydrogen) atoms. The third-order valence-corrected chi connectivity index (χ3v) is 4.09. The number of hydrogen-bond donors (Lipinski definition) is 1. The molecule has 106 valence electrons. The van der Waals surface area contributed by atoms with Crippen LogP contribution in [0.15, 0.2) is 0 Å². The van der Waals surface area contributed by atoms with E-state index in [1.54, 1.807) is 0 Å². The molecule has 1 atom stereocenters. The molecule has 1 heterocycles. The van der Waals surface area contributed by atoms with Crippen molar-refractivity contribution in [2.45, 2.75) is 52.2 Å². The summed E-state index contributed by atoms with van der Waals surface area (Å²) in [5.74, 6) is -0.615. The molecule has 4 nitrogen and oxygen atoms in total. The molecule has 0 bridgehead atoms. The summed E-state index contributed by atoms with van der Waals surface area (Å²) < 4.78 is 4.85. The van der Waals surface area contributed by atoms with Gasteiger partial charge < -0.3 is 14.7 Å². The fourth-order valence-electron chi connectivity index (χ4n) is 2.98. The first-order chi connectivity index (χ1) is 8.31. The minimum absolute atomic E-state index is 0.0908. The van der Waals surface area contributed by atoms with E-state index in [0.29, 0.717) is 18.9 Å². The van der Waals surface area contributed by atoms with Crippen LogP contribution in [0, 0.1) is 11.8 Å². The molecule has 1 unspecified atom stereocenters. The first kappa shape index (κ1) is 15.4. The summed E-state index contributed by atoms with van der Waals surface area (Å²) >= 11 is 0. The van der Waals surface area contributed by atoms with Gasteiger partial charge in [-0.3, -0.25) is 4.79 Å². The quantitative estimate of drug-likeness (QED) is 0.778. The van der Waals surface area contributed by atoms with Crippen LogP contribution in [0.3, 0.4) is 0 Å². The van der Waals surface area contributed by atoms with Crippen molar-refractivity contribution in [3.63, 3.8) is 0 Å². The molecule has 1 saturated heterocycles. The summed E-state index contributed by atoms with van der Waals surface area (Å²) in [6.07, 6.45) is 1.28. The van der Waals surface area contributed by atoms with E-state index in [-0.39, 0.29) is 11.9 Å². The van der Waals surface area contributed by atoms with Crippen LogP contribution in [0.1, 0.15) is 40.5 Å². The molecule has 0 aliphatic carbocycles. The van der Waals surface area contributed by atoms with Gasteiger partial charge in [0.1, 0.15) is 0 Å². The predicted molar refractivity (Wildman–Crippen MR) is 71.2 cm³/mol. The van der Waals surface area contributed by atoms with Crippen LogP contribution >= 0.6 is 0 Å². The van der Waals surface area contributed by atoms with Crippen LogP contribution in [0.2, 0.25) is 0 Å². The molecule has 1 rings (SSSR count). The van der Waals surface area contributed by atoms with Gasteiger partial charge in [0.25, 0.3) is 0 Å². The molecule has 0 aromatic rings. The zero-order valence-corrected chi connectivity index (χ0v) is 12.3. The summed E-state index contributed by atoms with van der Waals surface area (Å²) in [6.45, 7) is 9.93. The van der Waals surface area contributed by atoms with E-state index in [4.69, 9.17) is 4.74 Å². The lowest BCUT2D eigenvalue weighted by molar-refractivity contribution is -0.164. The Morgan fingerprint density at radius 1 is 1.22 bits per heavy atom. The molecule has 0 saturated carbocycles. The van der Waals surface area contributed by atoms with Gasteiger partial charge in [0, 0.05) is 19.1 Å². The highest BCUT2D eigenvalue weighted by Gasteiger charge is 2.45. The lowest BCUT2D eigenvalue weighted by Gasteiger charge is -2.44. The van der Waals surface area contributed by atoms with Crippen LogP contribution in [0.5, 0.6) is 0 Å². The predicted octanol–water partition coefficient (Wildman–Crippen LogP) is 1.67. The largest absolute Gasteiger partial charge is 0.469 e. The molecule has 1 N–H and O–H groups in total. The Balaban J connectivity index is 2.77. The van der Waals surface area contributed by atoms with Crippen LogP contribution in [0.25, 0.3) is 0 Å². The molecular formula is C14H27NO3. The maximum atomic E-state index is 11.9. The first-order valence-corrected chi connectivity index (χ1v) is 6.86. The Hall–Kier alpha value is -0.610. The number of aliphatic hydroxyl groups is 1. The zero-order chi connectivity index (χ0) is 13.9. The molecule has 1 aliphatic heterocycles. The standard InChI is InChI=1S/C14H27NO3/c1-10(2)12(13(16)18-5)14(17)6-8-15(9-7-14)11(3)4/h10-12,17H,6-9H2,1-5H3.